The van der Waals surface area contributed by atoms with Gasteiger partial charge in [-0.25, -0.2) is 0 Å². The predicted molar refractivity (Wildman–Crippen MR) is 84.3 cm³/mol. The molecule has 2 aromatic rings. The van der Waals surface area contributed by atoms with Crippen molar-refractivity contribution in [3.8, 4) is 17.1 Å². The molecule has 2 N–H and O–H groups in total. The number of nitrogens with two attached hydrogens (primary N) is 1. The summed E-state index contributed by atoms with van der Waals surface area (Å²) in [7, 11) is 1.59. The number of rotatable bonds is 4. The Morgan fingerprint density at radius 1 is 1.35 bits per heavy atom. The summed E-state index contributed by atoms with van der Waals surface area (Å²) < 4.78 is 12.7. The predicted octanol–water partition coefficient (Wildman–Crippen LogP) is 3.98. The van der Waals surface area contributed by atoms with Crippen molar-refractivity contribution >= 4 is 43.8 Å². The van der Waals surface area contributed by atoms with Gasteiger partial charge in [0.2, 0.25) is 5.91 Å². The van der Waals surface area contributed by atoms with Gasteiger partial charge in [0.05, 0.1) is 17.1 Å². The highest BCUT2D eigenvalue weighted by atomic mass is 79.9. The number of primary amides is 1. The third-order valence-corrected chi connectivity index (χ3v) is 3.61. The molecule has 2 rings (SSSR count). The van der Waals surface area contributed by atoms with Crippen LogP contribution >= 0.6 is 31.9 Å². The van der Waals surface area contributed by atoms with E-state index in [2.05, 4.69) is 31.9 Å². The van der Waals surface area contributed by atoms with Gasteiger partial charge in [0.1, 0.15) is 11.5 Å². The molecule has 1 heterocycles. The molecular formula is C14H11Br2NO3. The fraction of sp³-hybridized carbons (Fsp3) is 0.0714. The van der Waals surface area contributed by atoms with E-state index in [1.807, 2.05) is 18.2 Å². The molecular weight excluding hydrogens is 390 g/mol. The average molecular weight is 401 g/mol. The molecule has 0 atom stereocenters. The minimum absolute atomic E-state index is 0.524. The second-order valence-corrected chi connectivity index (χ2v) is 5.68. The van der Waals surface area contributed by atoms with E-state index < -0.39 is 5.91 Å². The van der Waals surface area contributed by atoms with Gasteiger partial charge >= 0.3 is 0 Å². The van der Waals surface area contributed by atoms with Gasteiger partial charge < -0.3 is 14.9 Å². The molecule has 6 heteroatoms. The number of hydrogen-bond donors (Lipinski definition) is 1. The van der Waals surface area contributed by atoms with Crippen LogP contribution in [0.2, 0.25) is 0 Å². The zero-order valence-electron chi connectivity index (χ0n) is 10.5. The maximum Gasteiger partial charge on any atom is 0.241 e. The van der Waals surface area contributed by atoms with Crippen LogP contribution < -0.4 is 10.5 Å². The maximum atomic E-state index is 10.7. The standard InChI is InChI=1S/C14H11Br2NO3/c1-19-12-6-8(15)2-4-10(12)14-11(16)7-9(20-14)3-5-13(17)18/h2-7H,1H3,(H2,17,18)/b5-3+. The summed E-state index contributed by atoms with van der Waals surface area (Å²) in [6.45, 7) is 0. The van der Waals surface area contributed by atoms with Gasteiger partial charge in [-0.2, -0.15) is 0 Å². The van der Waals surface area contributed by atoms with Crippen molar-refractivity contribution in [2.45, 2.75) is 0 Å². The minimum atomic E-state index is -0.528. The van der Waals surface area contributed by atoms with Gasteiger partial charge in [0.15, 0.2) is 5.76 Å². The zero-order chi connectivity index (χ0) is 14.7. The molecule has 0 fully saturated rings. The Balaban J connectivity index is 2.46. The van der Waals surface area contributed by atoms with E-state index in [0.29, 0.717) is 17.3 Å². The van der Waals surface area contributed by atoms with E-state index in [9.17, 15) is 4.79 Å². The summed E-state index contributed by atoms with van der Waals surface area (Å²) in [4.78, 5) is 10.7. The maximum absolute atomic E-state index is 10.7. The first-order valence-electron chi connectivity index (χ1n) is 5.62. The summed E-state index contributed by atoms with van der Waals surface area (Å²) in [5, 5.41) is 0. The first-order valence-corrected chi connectivity index (χ1v) is 7.20. The van der Waals surface area contributed by atoms with E-state index in [1.165, 1.54) is 12.2 Å². The van der Waals surface area contributed by atoms with Crippen molar-refractivity contribution in [1.29, 1.82) is 0 Å². The summed E-state index contributed by atoms with van der Waals surface area (Å²) in [5.74, 6) is 1.30. The smallest absolute Gasteiger partial charge is 0.241 e. The highest BCUT2D eigenvalue weighted by Gasteiger charge is 2.15. The number of amides is 1. The van der Waals surface area contributed by atoms with Crippen molar-refractivity contribution < 1.29 is 13.9 Å². The van der Waals surface area contributed by atoms with Crippen molar-refractivity contribution in [2.24, 2.45) is 5.73 Å². The topological polar surface area (TPSA) is 65.5 Å². The largest absolute Gasteiger partial charge is 0.496 e. The normalized spacial score (nSPS) is 10.9. The minimum Gasteiger partial charge on any atom is -0.496 e. The number of furan rings is 1. The summed E-state index contributed by atoms with van der Waals surface area (Å²) >= 11 is 6.82. The zero-order valence-corrected chi connectivity index (χ0v) is 13.7. The molecule has 0 aliphatic rings. The summed E-state index contributed by atoms with van der Waals surface area (Å²) in [5.41, 5.74) is 5.86. The third kappa shape index (κ3) is 3.32. The van der Waals surface area contributed by atoms with E-state index in [1.54, 1.807) is 13.2 Å². The van der Waals surface area contributed by atoms with E-state index in [4.69, 9.17) is 14.9 Å². The molecule has 0 unspecified atom stereocenters. The average Bonchev–Trinajstić information content (AvgIpc) is 2.77. The number of hydrogen-bond acceptors (Lipinski definition) is 3. The Bertz CT molecular complexity index is 677. The third-order valence-electron chi connectivity index (χ3n) is 2.53. The molecule has 20 heavy (non-hydrogen) atoms. The molecule has 1 amide bonds. The fourth-order valence-corrected chi connectivity index (χ4v) is 2.53. The van der Waals surface area contributed by atoms with Crippen molar-refractivity contribution in [3.63, 3.8) is 0 Å². The van der Waals surface area contributed by atoms with E-state index in [0.717, 1.165) is 14.5 Å². The number of methoxy groups -OCH3 is 1. The van der Waals surface area contributed by atoms with Crippen LogP contribution in [-0.4, -0.2) is 13.0 Å². The molecule has 1 aromatic heterocycles. The number of ether oxygens (including phenoxy) is 1. The Labute approximate surface area is 132 Å². The Kier molecular flexibility index (Phi) is 4.67. The van der Waals surface area contributed by atoms with Gasteiger partial charge in [-0.3, -0.25) is 4.79 Å². The van der Waals surface area contributed by atoms with Crippen molar-refractivity contribution in [2.75, 3.05) is 7.11 Å². The number of halogens is 2. The highest BCUT2D eigenvalue weighted by Crippen LogP contribution is 2.38. The van der Waals surface area contributed by atoms with Crippen molar-refractivity contribution in [3.05, 3.63) is 45.0 Å². The van der Waals surface area contributed by atoms with Crippen LogP contribution in [0.25, 0.3) is 17.4 Å². The van der Waals surface area contributed by atoms with E-state index in [-0.39, 0.29) is 0 Å². The van der Waals surface area contributed by atoms with Crippen LogP contribution in [0.5, 0.6) is 5.75 Å². The number of benzene rings is 1. The van der Waals surface area contributed by atoms with Gasteiger partial charge in [0.25, 0.3) is 0 Å². The van der Waals surface area contributed by atoms with Gasteiger partial charge in [-0.15, -0.1) is 0 Å². The van der Waals surface area contributed by atoms with Crippen molar-refractivity contribution in [1.82, 2.24) is 0 Å². The Morgan fingerprint density at radius 2 is 2.10 bits per heavy atom. The van der Waals surface area contributed by atoms with Crippen LogP contribution in [0.4, 0.5) is 0 Å². The lowest BCUT2D eigenvalue weighted by atomic mass is 10.1. The summed E-state index contributed by atoms with van der Waals surface area (Å²) in [6, 6.07) is 7.39. The first-order chi connectivity index (χ1) is 9.51. The van der Waals surface area contributed by atoms with Gasteiger partial charge in [0, 0.05) is 10.5 Å². The SMILES string of the molecule is COc1cc(Br)ccc1-c1oc(/C=C/C(N)=O)cc1Br. The van der Waals surface area contributed by atoms with E-state index >= 15 is 0 Å². The summed E-state index contributed by atoms with van der Waals surface area (Å²) in [6.07, 6.45) is 2.76. The van der Waals surface area contributed by atoms with Crippen LogP contribution in [0, 0.1) is 0 Å². The highest BCUT2D eigenvalue weighted by molar-refractivity contribution is 9.10. The number of carbonyl (C=O) groups is 1. The van der Waals surface area contributed by atoms with Crippen LogP contribution in [0.1, 0.15) is 5.76 Å². The lowest BCUT2D eigenvalue weighted by molar-refractivity contribution is -0.113. The second kappa shape index (κ2) is 6.28. The molecule has 1 aromatic carbocycles. The van der Waals surface area contributed by atoms with Crippen LogP contribution in [-0.2, 0) is 4.79 Å². The molecule has 0 radical (unpaired) electrons. The molecule has 0 spiro atoms. The fourth-order valence-electron chi connectivity index (χ4n) is 1.67. The van der Waals surface area contributed by atoms with Crippen LogP contribution in [0.15, 0.2) is 43.7 Å². The lowest BCUT2D eigenvalue weighted by Gasteiger charge is -2.07. The van der Waals surface area contributed by atoms with Gasteiger partial charge in [-0.05, 0) is 46.3 Å². The molecule has 0 bridgehead atoms. The lowest BCUT2D eigenvalue weighted by Crippen LogP contribution is -2.04. The molecule has 0 aliphatic heterocycles. The Hall–Kier alpha value is -1.53. The first kappa shape index (κ1) is 14.9. The number of carbonyl (C=O) groups excluding carboxylic acids is 1. The molecule has 4 nitrogen and oxygen atoms in total. The molecule has 0 saturated heterocycles. The Morgan fingerprint density at radius 3 is 2.75 bits per heavy atom. The molecule has 0 aliphatic carbocycles. The quantitative estimate of drug-likeness (QED) is 0.789. The molecule has 0 saturated carbocycles. The monoisotopic (exact) mass is 399 g/mol. The molecule has 104 valence electrons. The second-order valence-electron chi connectivity index (χ2n) is 3.91. The van der Waals surface area contributed by atoms with Gasteiger partial charge in [-0.1, -0.05) is 15.9 Å². The van der Waals surface area contributed by atoms with Crippen LogP contribution in [0.3, 0.4) is 0 Å².